The highest BCUT2D eigenvalue weighted by atomic mass is 16.3. The Kier molecular flexibility index (Phi) is 3.17. The maximum atomic E-state index is 10.0. The Morgan fingerprint density at radius 3 is 2.69 bits per heavy atom. The first-order valence-electron chi connectivity index (χ1n) is 5.81. The second-order valence-electron chi connectivity index (χ2n) is 4.86. The smallest absolute Gasteiger partial charge is 0.115 e. The van der Waals surface area contributed by atoms with Gasteiger partial charge in [-0.2, -0.15) is 0 Å². The van der Waals surface area contributed by atoms with Crippen molar-refractivity contribution >= 4 is 0 Å². The van der Waals surface area contributed by atoms with E-state index in [1.54, 1.807) is 12.1 Å². The summed E-state index contributed by atoms with van der Waals surface area (Å²) in [7, 11) is 0. The van der Waals surface area contributed by atoms with Gasteiger partial charge in [0.1, 0.15) is 5.75 Å². The first-order valence-corrected chi connectivity index (χ1v) is 5.81. The quantitative estimate of drug-likeness (QED) is 0.704. The fourth-order valence-electron chi connectivity index (χ4n) is 2.34. The van der Waals surface area contributed by atoms with Crippen LogP contribution in [0, 0.1) is 0 Å². The predicted molar refractivity (Wildman–Crippen MR) is 63.6 cm³/mol. The number of nitrogens with one attached hydrogen (secondary N) is 1. The van der Waals surface area contributed by atoms with Gasteiger partial charge in [-0.3, -0.25) is 0 Å². The fourth-order valence-corrected chi connectivity index (χ4v) is 2.34. The summed E-state index contributed by atoms with van der Waals surface area (Å²) in [5, 5.41) is 22.8. The lowest BCUT2D eigenvalue weighted by Gasteiger charge is -2.32. The normalized spacial score (nSPS) is 24.5. The molecule has 3 nitrogen and oxygen atoms in total. The van der Waals surface area contributed by atoms with Gasteiger partial charge in [-0.15, -0.1) is 0 Å². The van der Waals surface area contributed by atoms with Gasteiger partial charge in [0.15, 0.2) is 0 Å². The molecule has 88 valence electrons. The molecule has 1 aliphatic rings. The molecule has 0 aliphatic heterocycles. The van der Waals surface area contributed by atoms with Gasteiger partial charge in [0.25, 0.3) is 0 Å². The highest BCUT2D eigenvalue weighted by molar-refractivity contribution is 5.38. The number of phenolic OH excluding ortho intramolecular Hbond substituents is 1. The molecule has 1 aliphatic carbocycles. The fraction of sp³-hybridized carbons (Fsp3) is 0.538. The molecule has 2 atom stereocenters. The van der Waals surface area contributed by atoms with Crippen LogP contribution in [-0.2, 0) is 12.8 Å². The Hall–Kier alpha value is -1.06. The van der Waals surface area contributed by atoms with Gasteiger partial charge < -0.3 is 15.5 Å². The first-order chi connectivity index (χ1) is 7.56. The molecule has 0 saturated carbocycles. The lowest BCUT2D eigenvalue weighted by Crippen LogP contribution is -2.48. The summed E-state index contributed by atoms with van der Waals surface area (Å²) in [6, 6.07) is 5.84. The Bertz CT molecular complexity index is 376. The highest BCUT2D eigenvalue weighted by Gasteiger charge is 2.27. The van der Waals surface area contributed by atoms with E-state index in [1.165, 1.54) is 0 Å². The van der Waals surface area contributed by atoms with Crippen LogP contribution in [0.5, 0.6) is 5.75 Å². The molecule has 1 aromatic carbocycles. The van der Waals surface area contributed by atoms with Crippen LogP contribution in [0.1, 0.15) is 25.0 Å². The highest BCUT2D eigenvalue weighted by Crippen LogP contribution is 2.25. The van der Waals surface area contributed by atoms with Crippen LogP contribution in [0.2, 0.25) is 0 Å². The Labute approximate surface area is 96.1 Å². The molecular formula is C13H19NO2. The average Bonchev–Trinajstić information content (AvgIpc) is 2.19. The molecule has 0 aromatic heterocycles. The van der Waals surface area contributed by atoms with E-state index >= 15 is 0 Å². The van der Waals surface area contributed by atoms with Crippen molar-refractivity contribution in [3.8, 4) is 5.75 Å². The third-order valence-corrected chi connectivity index (χ3v) is 3.07. The van der Waals surface area contributed by atoms with Gasteiger partial charge >= 0.3 is 0 Å². The van der Waals surface area contributed by atoms with Crippen molar-refractivity contribution in [3.05, 3.63) is 29.3 Å². The number of aliphatic hydroxyl groups is 1. The number of rotatable bonds is 2. The van der Waals surface area contributed by atoms with E-state index in [0.717, 1.165) is 17.5 Å². The minimum atomic E-state index is -0.334. The van der Waals surface area contributed by atoms with E-state index in [0.29, 0.717) is 18.2 Å². The van der Waals surface area contributed by atoms with Crippen molar-refractivity contribution in [3.63, 3.8) is 0 Å². The van der Waals surface area contributed by atoms with Crippen LogP contribution < -0.4 is 5.32 Å². The van der Waals surface area contributed by atoms with Crippen molar-refractivity contribution in [1.29, 1.82) is 0 Å². The maximum Gasteiger partial charge on any atom is 0.115 e. The molecule has 0 heterocycles. The van der Waals surface area contributed by atoms with E-state index < -0.39 is 0 Å². The van der Waals surface area contributed by atoms with Gasteiger partial charge in [-0.25, -0.2) is 0 Å². The molecule has 0 bridgehead atoms. The van der Waals surface area contributed by atoms with Crippen LogP contribution in [0.25, 0.3) is 0 Å². The van der Waals surface area contributed by atoms with Gasteiger partial charge in [-0.05, 0) is 29.7 Å². The Morgan fingerprint density at radius 1 is 1.25 bits per heavy atom. The van der Waals surface area contributed by atoms with Crippen molar-refractivity contribution in [2.45, 2.75) is 44.9 Å². The van der Waals surface area contributed by atoms with Crippen molar-refractivity contribution in [1.82, 2.24) is 5.32 Å². The first kappa shape index (κ1) is 11.4. The third kappa shape index (κ3) is 2.36. The molecule has 2 rings (SSSR count). The molecule has 16 heavy (non-hydrogen) atoms. The summed E-state index contributed by atoms with van der Waals surface area (Å²) in [5.74, 6) is 0.304. The number of hydrogen-bond acceptors (Lipinski definition) is 3. The van der Waals surface area contributed by atoms with Gasteiger partial charge in [-0.1, -0.05) is 19.9 Å². The topological polar surface area (TPSA) is 52.5 Å². The molecule has 0 unspecified atom stereocenters. The summed E-state index contributed by atoms with van der Waals surface area (Å²) in [6.45, 7) is 4.15. The molecule has 0 fully saturated rings. The molecule has 3 heteroatoms. The van der Waals surface area contributed by atoms with E-state index in [-0.39, 0.29) is 12.1 Å². The molecule has 1 aromatic rings. The van der Waals surface area contributed by atoms with E-state index in [4.69, 9.17) is 0 Å². The Morgan fingerprint density at radius 2 is 2.00 bits per heavy atom. The van der Waals surface area contributed by atoms with E-state index in [1.807, 2.05) is 6.07 Å². The molecule has 0 saturated heterocycles. The third-order valence-electron chi connectivity index (χ3n) is 3.07. The summed E-state index contributed by atoms with van der Waals surface area (Å²) >= 11 is 0. The minimum absolute atomic E-state index is 0.0919. The van der Waals surface area contributed by atoms with Gasteiger partial charge in [0.2, 0.25) is 0 Å². The zero-order chi connectivity index (χ0) is 11.7. The summed E-state index contributed by atoms with van der Waals surface area (Å²) in [5.41, 5.74) is 2.29. The molecular weight excluding hydrogens is 202 g/mol. The van der Waals surface area contributed by atoms with E-state index in [9.17, 15) is 10.2 Å². The number of aromatic hydroxyl groups is 1. The monoisotopic (exact) mass is 221 g/mol. The molecule has 0 spiro atoms. The van der Waals surface area contributed by atoms with Crippen LogP contribution in [0.3, 0.4) is 0 Å². The summed E-state index contributed by atoms with van der Waals surface area (Å²) < 4.78 is 0. The van der Waals surface area contributed by atoms with Crippen LogP contribution in [0.4, 0.5) is 0 Å². The van der Waals surface area contributed by atoms with Gasteiger partial charge in [0.05, 0.1) is 6.10 Å². The standard InChI is InChI=1S/C13H19NO2/c1-8(2)14-12-6-10-5-11(15)4-3-9(10)7-13(12)16/h3-5,8,12-16H,6-7H2,1-2H3/t12-,13-/m0/s1. The van der Waals surface area contributed by atoms with Gasteiger partial charge in [0, 0.05) is 18.5 Å². The lowest BCUT2D eigenvalue weighted by molar-refractivity contribution is 0.115. The second kappa shape index (κ2) is 4.44. The zero-order valence-corrected chi connectivity index (χ0v) is 9.77. The van der Waals surface area contributed by atoms with Crippen LogP contribution in [-0.4, -0.2) is 28.4 Å². The average molecular weight is 221 g/mol. The minimum Gasteiger partial charge on any atom is -0.508 e. The van der Waals surface area contributed by atoms with Crippen LogP contribution >= 0.6 is 0 Å². The summed E-state index contributed by atoms with van der Waals surface area (Å²) in [4.78, 5) is 0. The molecule has 0 radical (unpaired) electrons. The summed E-state index contributed by atoms with van der Waals surface area (Å²) in [6.07, 6.45) is 1.11. The van der Waals surface area contributed by atoms with E-state index in [2.05, 4.69) is 19.2 Å². The predicted octanol–water partition coefficient (Wildman–Crippen LogP) is 1.22. The number of benzene rings is 1. The van der Waals surface area contributed by atoms with Crippen LogP contribution in [0.15, 0.2) is 18.2 Å². The number of phenols is 1. The molecule has 0 amide bonds. The maximum absolute atomic E-state index is 10.0. The second-order valence-corrected chi connectivity index (χ2v) is 4.86. The number of fused-ring (bicyclic) bond motifs is 1. The largest absolute Gasteiger partial charge is 0.508 e. The Balaban J connectivity index is 2.19. The molecule has 3 N–H and O–H groups in total. The van der Waals surface area contributed by atoms with Crippen molar-refractivity contribution in [2.75, 3.05) is 0 Å². The SMILES string of the molecule is CC(C)N[C@H]1Cc2cc(O)ccc2C[C@@H]1O. The van der Waals surface area contributed by atoms with Crippen molar-refractivity contribution < 1.29 is 10.2 Å². The number of hydrogen-bond donors (Lipinski definition) is 3. The lowest BCUT2D eigenvalue weighted by atomic mass is 9.86. The number of aliphatic hydroxyl groups excluding tert-OH is 1. The zero-order valence-electron chi connectivity index (χ0n) is 9.77. The van der Waals surface area contributed by atoms with Crippen molar-refractivity contribution in [2.24, 2.45) is 0 Å².